The van der Waals surface area contributed by atoms with Crippen LogP contribution in [0.15, 0.2) is 17.5 Å². The van der Waals surface area contributed by atoms with Gasteiger partial charge in [0.1, 0.15) is 0 Å². The Kier molecular flexibility index (Phi) is 8.35. The number of nitrogens with zero attached hydrogens (tertiary/aromatic N) is 1. The summed E-state index contributed by atoms with van der Waals surface area (Å²) in [6, 6.07) is 5.58. The van der Waals surface area contributed by atoms with Gasteiger partial charge < -0.3 is 5.32 Å². The molecule has 0 spiro atoms. The monoisotopic (exact) mass is 282 g/mol. The van der Waals surface area contributed by atoms with Crippen molar-refractivity contribution in [1.29, 1.82) is 0 Å². The molecule has 0 aliphatic carbocycles. The van der Waals surface area contributed by atoms with E-state index in [0.717, 1.165) is 19.5 Å². The maximum atomic E-state index is 3.58. The summed E-state index contributed by atoms with van der Waals surface area (Å²) in [6.07, 6.45) is 5.10. The van der Waals surface area contributed by atoms with Crippen LogP contribution < -0.4 is 5.32 Å². The van der Waals surface area contributed by atoms with Gasteiger partial charge in [0.2, 0.25) is 0 Å². The molecule has 1 N–H and O–H groups in total. The minimum Gasteiger partial charge on any atom is -0.315 e. The van der Waals surface area contributed by atoms with E-state index in [1.54, 1.807) is 0 Å². The Morgan fingerprint density at radius 3 is 2.68 bits per heavy atom. The fourth-order valence-corrected chi connectivity index (χ4v) is 3.08. The minimum atomic E-state index is 0.594. The average Bonchev–Trinajstić information content (AvgIpc) is 2.90. The molecule has 0 fully saturated rings. The van der Waals surface area contributed by atoms with Gasteiger partial charge in [-0.05, 0) is 51.7 Å². The summed E-state index contributed by atoms with van der Waals surface area (Å²) in [5, 5.41) is 5.74. The van der Waals surface area contributed by atoms with E-state index < -0.39 is 0 Å². The second-order valence-corrected chi connectivity index (χ2v) is 6.59. The van der Waals surface area contributed by atoms with Gasteiger partial charge in [-0.1, -0.05) is 25.8 Å². The van der Waals surface area contributed by atoms with Crippen molar-refractivity contribution in [1.82, 2.24) is 10.2 Å². The molecule has 19 heavy (non-hydrogen) atoms. The molecule has 0 aromatic carbocycles. The first kappa shape index (κ1) is 16.7. The Morgan fingerprint density at radius 2 is 2.05 bits per heavy atom. The molecule has 3 heteroatoms. The molecule has 0 saturated heterocycles. The summed E-state index contributed by atoms with van der Waals surface area (Å²) in [5.41, 5.74) is 0. The lowest BCUT2D eigenvalue weighted by atomic mass is 10.1. The molecule has 1 rings (SSSR count). The molecular weight excluding hydrogens is 252 g/mol. The highest BCUT2D eigenvalue weighted by Gasteiger charge is 2.16. The number of hydrogen-bond acceptors (Lipinski definition) is 3. The van der Waals surface area contributed by atoms with Crippen molar-refractivity contribution < 1.29 is 0 Å². The largest absolute Gasteiger partial charge is 0.315 e. The predicted octanol–water partition coefficient (Wildman–Crippen LogP) is 3.78. The van der Waals surface area contributed by atoms with Crippen molar-refractivity contribution in [3.8, 4) is 0 Å². The van der Waals surface area contributed by atoms with Gasteiger partial charge >= 0.3 is 0 Å². The summed E-state index contributed by atoms with van der Waals surface area (Å²) < 4.78 is 0. The molecule has 0 aliphatic heterocycles. The van der Waals surface area contributed by atoms with Gasteiger partial charge in [0.15, 0.2) is 0 Å². The van der Waals surface area contributed by atoms with E-state index in [-0.39, 0.29) is 0 Å². The highest BCUT2D eigenvalue weighted by molar-refractivity contribution is 7.09. The minimum absolute atomic E-state index is 0.594. The third-order valence-corrected chi connectivity index (χ3v) is 4.76. The summed E-state index contributed by atoms with van der Waals surface area (Å²) >= 11 is 1.87. The van der Waals surface area contributed by atoms with E-state index in [0.29, 0.717) is 12.1 Å². The van der Waals surface area contributed by atoms with Crippen LogP contribution in [0.3, 0.4) is 0 Å². The second-order valence-electron chi connectivity index (χ2n) is 5.56. The van der Waals surface area contributed by atoms with E-state index in [2.05, 4.69) is 55.5 Å². The standard InChI is InChI=1S/C16H30N2S/c1-5-6-7-10-17-13-15(3)18(4)14(2)12-16-9-8-11-19-16/h8-9,11,14-15,17H,5-7,10,12-13H2,1-4H3. The maximum absolute atomic E-state index is 3.58. The zero-order valence-corrected chi connectivity index (χ0v) is 13.8. The molecule has 0 amide bonds. The molecule has 1 aromatic heterocycles. The van der Waals surface area contributed by atoms with Crippen LogP contribution in [0.2, 0.25) is 0 Å². The first-order valence-electron chi connectivity index (χ1n) is 7.60. The van der Waals surface area contributed by atoms with Crippen molar-refractivity contribution in [2.24, 2.45) is 0 Å². The fourth-order valence-electron chi connectivity index (χ4n) is 2.25. The lowest BCUT2D eigenvalue weighted by molar-refractivity contribution is 0.191. The third-order valence-electron chi connectivity index (χ3n) is 3.86. The van der Waals surface area contributed by atoms with Gasteiger partial charge in [0, 0.05) is 23.5 Å². The number of nitrogens with one attached hydrogen (secondary N) is 1. The van der Waals surface area contributed by atoms with Crippen molar-refractivity contribution in [3.05, 3.63) is 22.4 Å². The molecular formula is C16H30N2S. The maximum Gasteiger partial charge on any atom is 0.0192 e. The Balaban J connectivity index is 2.21. The lowest BCUT2D eigenvalue weighted by Gasteiger charge is -2.31. The van der Waals surface area contributed by atoms with Gasteiger partial charge in [0.25, 0.3) is 0 Å². The Hall–Kier alpha value is -0.380. The van der Waals surface area contributed by atoms with Crippen molar-refractivity contribution in [2.45, 2.75) is 58.5 Å². The molecule has 0 aliphatic rings. The van der Waals surface area contributed by atoms with Gasteiger partial charge in [-0.15, -0.1) is 11.3 Å². The lowest BCUT2D eigenvalue weighted by Crippen LogP contribution is -2.43. The molecule has 110 valence electrons. The van der Waals surface area contributed by atoms with Crippen LogP contribution in [0.5, 0.6) is 0 Å². The van der Waals surface area contributed by atoms with Crippen molar-refractivity contribution in [3.63, 3.8) is 0 Å². The Bertz CT molecular complexity index is 311. The van der Waals surface area contributed by atoms with Gasteiger partial charge in [-0.3, -0.25) is 4.90 Å². The highest BCUT2D eigenvalue weighted by atomic mass is 32.1. The number of hydrogen-bond donors (Lipinski definition) is 1. The number of unbranched alkanes of at least 4 members (excludes halogenated alkanes) is 2. The predicted molar refractivity (Wildman–Crippen MR) is 87.1 cm³/mol. The van der Waals surface area contributed by atoms with E-state index in [9.17, 15) is 0 Å². The molecule has 0 saturated carbocycles. The smallest absolute Gasteiger partial charge is 0.0192 e. The van der Waals surface area contributed by atoms with Gasteiger partial charge in [0.05, 0.1) is 0 Å². The summed E-state index contributed by atoms with van der Waals surface area (Å²) in [6.45, 7) is 9.15. The molecule has 2 atom stereocenters. The summed E-state index contributed by atoms with van der Waals surface area (Å²) in [5.74, 6) is 0. The molecule has 1 aromatic rings. The number of rotatable bonds is 10. The number of thiophene rings is 1. The van der Waals surface area contributed by atoms with Crippen LogP contribution in [0, 0.1) is 0 Å². The third kappa shape index (κ3) is 6.55. The van der Waals surface area contributed by atoms with E-state index >= 15 is 0 Å². The zero-order valence-electron chi connectivity index (χ0n) is 13.0. The number of likely N-dealkylation sites (N-methyl/N-ethyl adjacent to an activating group) is 1. The fraction of sp³-hybridized carbons (Fsp3) is 0.750. The molecule has 1 heterocycles. The van der Waals surface area contributed by atoms with Crippen LogP contribution in [0.25, 0.3) is 0 Å². The van der Waals surface area contributed by atoms with Crippen LogP contribution in [-0.2, 0) is 6.42 Å². The normalized spacial score (nSPS) is 14.8. The van der Waals surface area contributed by atoms with Crippen molar-refractivity contribution >= 4 is 11.3 Å². The van der Waals surface area contributed by atoms with Crippen LogP contribution >= 0.6 is 11.3 Å². The zero-order chi connectivity index (χ0) is 14.1. The molecule has 0 radical (unpaired) electrons. The average molecular weight is 282 g/mol. The highest BCUT2D eigenvalue weighted by Crippen LogP contribution is 2.14. The van der Waals surface area contributed by atoms with E-state index in [1.807, 2.05) is 11.3 Å². The quantitative estimate of drug-likeness (QED) is 0.657. The Labute approximate surface area is 123 Å². The van der Waals surface area contributed by atoms with Crippen molar-refractivity contribution in [2.75, 3.05) is 20.1 Å². The molecule has 0 bridgehead atoms. The summed E-state index contributed by atoms with van der Waals surface area (Å²) in [7, 11) is 2.25. The van der Waals surface area contributed by atoms with Gasteiger partial charge in [-0.2, -0.15) is 0 Å². The SMILES string of the molecule is CCCCCNCC(C)N(C)C(C)Cc1cccs1. The van der Waals surface area contributed by atoms with Crippen LogP contribution in [-0.4, -0.2) is 37.1 Å². The van der Waals surface area contributed by atoms with Crippen LogP contribution in [0.1, 0.15) is 44.9 Å². The Morgan fingerprint density at radius 1 is 1.26 bits per heavy atom. The van der Waals surface area contributed by atoms with Gasteiger partial charge in [-0.25, -0.2) is 0 Å². The van der Waals surface area contributed by atoms with E-state index in [1.165, 1.54) is 24.1 Å². The van der Waals surface area contributed by atoms with Crippen LogP contribution in [0.4, 0.5) is 0 Å². The molecule has 2 nitrogen and oxygen atoms in total. The first-order chi connectivity index (χ1) is 9.15. The summed E-state index contributed by atoms with van der Waals surface area (Å²) in [4.78, 5) is 3.98. The second kappa shape index (κ2) is 9.51. The topological polar surface area (TPSA) is 15.3 Å². The molecule has 2 unspecified atom stereocenters. The first-order valence-corrected chi connectivity index (χ1v) is 8.48. The van der Waals surface area contributed by atoms with E-state index in [4.69, 9.17) is 0 Å².